The molecule has 0 aliphatic heterocycles. The van der Waals surface area contributed by atoms with Gasteiger partial charge in [0.15, 0.2) is 5.75 Å². The lowest BCUT2D eigenvalue weighted by atomic mass is 10.0. The first kappa shape index (κ1) is 18.3. The second kappa shape index (κ2) is 7.02. The van der Waals surface area contributed by atoms with Gasteiger partial charge in [-0.1, -0.05) is 30.3 Å². The molecule has 0 aliphatic rings. The summed E-state index contributed by atoms with van der Waals surface area (Å²) in [5, 5.41) is 0. The number of ether oxygens (including phenoxy) is 1. The Morgan fingerprint density at radius 3 is 2.22 bits per heavy atom. The Morgan fingerprint density at radius 2 is 1.67 bits per heavy atom. The number of halogens is 3. The smallest absolute Gasteiger partial charge is 0.408 e. The van der Waals surface area contributed by atoms with Crippen LogP contribution in [-0.2, 0) is 6.18 Å². The molecule has 0 fully saturated rings. The molecule has 0 saturated carbocycles. The quantitative estimate of drug-likeness (QED) is 0.748. The molecule has 9 heteroatoms. The Morgan fingerprint density at radius 1 is 1.04 bits per heavy atom. The summed E-state index contributed by atoms with van der Waals surface area (Å²) < 4.78 is 43.0. The van der Waals surface area contributed by atoms with Crippen LogP contribution in [0.2, 0.25) is 0 Å². The van der Waals surface area contributed by atoms with Crippen molar-refractivity contribution in [1.82, 2.24) is 15.0 Å². The molecule has 6 nitrogen and oxygen atoms in total. The van der Waals surface area contributed by atoms with Gasteiger partial charge < -0.3 is 10.5 Å². The molecule has 1 amide bonds. The highest BCUT2D eigenvalue weighted by molar-refractivity contribution is 5.77. The van der Waals surface area contributed by atoms with Gasteiger partial charge in [0.1, 0.15) is 5.69 Å². The van der Waals surface area contributed by atoms with Gasteiger partial charge in [-0.15, -0.1) is 0 Å². The number of carbonyl (C=O) groups excluding carboxylic acids is 1. The standard InChI is InChI=1S/C18H13F3N4O2/c1-10-7-13(27-17(22)26)15(11-5-3-2-4-6-11)25-14(10)12-8-23-16(24-9-12)18(19,20)21/h2-9H,1H3,(H2,22,26). The van der Waals surface area contributed by atoms with Crippen molar-refractivity contribution in [3.63, 3.8) is 0 Å². The number of alkyl halides is 3. The maximum atomic E-state index is 12.7. The fourth-order valence-electron chi connectivity index (χ4n) is 2.47. The van der Waals surface area contributed by atoms with Crippen molar-refractivity contribution in [2.24, 2.45) is 5.73 Å². The molecule has 0 saturated heterocycles. The zero-order valence-electron chi connectivity index (χ0n) is 14.0. The van der Waals surface area contributed by atoms with Crippen molar-refractivity contribution in [2.45, 2.75) is 13.1 Å². The topological polar surface area (TPSA) is 91.0 Å². The van der Waals surface area contributed by atoms with E-state index in [2.05, 4.69) is 15.0 Å². The van der Waals surface area contributed by atoms with Crippen LogP contribution >= 0.6 is 0 Å². The molecule has 2 heterocycles. The highest BCUT2D eigenvalue weighted by Gasteiger charge is 2.34. The third kappa shape index (κ3) is 4.02. The lowest BCUT2D eigenvalue weighted by Crippen LogP contribution is -2.17. The number of aromatic nitrogens is 3. The van der Waals surface area contributed by atoms with Gasteiger partial charge >= 0.3 is 12.3 Å². The van der Waals surface area contributed by atoms with E-state index in [1.165, 1.54) is 6.07 Å². The maximum Gasteiger partial charge on any atom is 0.451 e. The molecule has 138 valence electrons. The first-order chi connectivity index (χ1) is 12.8. The minimum atomic E-state index is -4.63. The average Bonchev–Trinajstić information content (AvgIpc) is 2.61. The molecule has 0 spiro atoms. The number of nitrogens with zero attached hydrogens (tertiary/aromatic N) is 3. The van der Waals surface area contributed by atoms with E-state index in [1.807, 2.05) is 0 Å². The Balaban J connectivity index is 2.13. The van der Waals surface area contributed by atoms with E-state index in [0.29, 0.717) is 28.1 Å². The zero-order valence-corrected chi connectivity index (χ0v) is 14.0. The molecule has 3 rings (SSSR count). The van der Waals surface area contributed by atoms with Gasteiger partial charge in [0, 0.05) is 23.5 Å². The van der Waals surface area contributed by atoms with Crippen molar-refractivity contribution in [1.29, 1.82) is 0 Å². The first-order valence-electron chi connectivity index (χ1n) is 7.69. The number of nitrogens with two attached hydrogens (primary N) is 1. The number of amides is 1. The number of primary amides is 1. The summed E-state index contributed by atoms with van der Waals surface area (Å²) in [6.07, 6.45) is -3.53. The van der Waals surface area contributed by atoms with Crippen LogP contribution in [0.15, 0.2) is 48.8 Å². The van der Waals surface area contributed by atoms with Crippen LogP contribution in [0.1, 0.15) is 11.4 Å². The van der Waals surface area contributed by atoms with Gasteiger partial charge in [0.05, 0.1) is 5.69 Å². The number of benzene rings is 1. The van der Waals surface area contributed by atoms with Gasteiger partial charge in [-0.2, -0.15) is 13.2 Å². The molecule has 0 unspecified atom stereocenters. The van der Waals surface area contributed by atoms with E-state index in [4.69, 9.17) is 10.5 Å². The summed E-state index contributed by atoms with van der Waals surface area (Å²) in [5.74, 6) is -1.09. The zero-order chi connectivity index (χ0) is 19.6. The molecular weight excluding hydrogens is 361 g/mol. The summed E-state index contributed by atoms with van der Waals surface area (Å²) in [7, 11) is 0. The summed E-state index contributed by atoms with van der Waals surface area (Å²) >= 11 is 0. The van der Waals surface area contributed by atoms with Crippen molar-refractivity contribution >= 4 is 6.09 Å². The lowest BCUT2D eigenvalue weighted by Gasteiger charge is -2.13. The predicted octanol–water partition coefficient (Wildman–Crippen LogP) is 3.99. The normalized spacial score (nSPS) is 11.3. The van der Waals surface area contributed by atoms with E-state index in [1.54, 1.807) is 37.3 Å². The predicted molar refractivity (Wildman–Crippen MR) is 90.6 cm³/mol. The molecule has 2 N–H and O–H groups in total. The second-order valence-electron chi connectivity index (χ2n) is 5.58. The number of rotatable bonds is 3. The third-order valence-corrected chi connectivity index (χ3v) is 3.61. The highest BCUT2D eigenvalue weighted by atomic mass is 19.4. The molecule has 0 aliphatic carbocycles. The summed E-state index contributed by atoms with van der Waals surface area (Å²) in [6, 6.07) is 10.4. The van der Waals surface area contributed by atoms with Crippen LogP contribution in [0.3, 0.4) is 0 Å². The molecule has 0 radical (unpaired) electrons. The largest absolute Gasteiger partial charge is 0.451 e. The third-order valence-electron chi connectivity index (χ3n) is 3.61. The minimum Gasteiger partial charge on any atom is -0.408 e. The summed E-state index contributed by atoms with van der Waals surface area (Å²) in [4.78, 5) is 22.4. The van der Waals surface area contributed by atoms with Gasteiger partial charge in [0.2, 0.25) is 5.82 Å². The first-order valence-corrected chi connectivity index (χ1v) is 7.69. The summed E-state index contributed by atoms with van der Waals surface area (Å²) in [5.41, 5.74) is 7.27. The second-order valence-corrected chi connectivity index (χ2v) is 5.58. The number of hydrogen-bond acceptors (Lipinski definition) is 5. The van der Waals surface area contributed by atoms with Crippen LogP contribution < -0.4 is 10.5 Å². The maximum absolute atomic E-state index is 12.7. The van der Waals surface area contributed by atoms with Gasteiger partial charge in [-0.05, 0) is 18.6 Å². The Kier molecular flexibility index (Phi) is 4.76. The average molecular weight is 374 g/mol. The highest BCUT2D eigenvalue weighted by Crippen LogP contribution is 2.34. The monoisotopic (exact) mass is 374 g/mol. The summed E-state index contributed by atoms with van der Waals surface area (Å²) in [6.45, 7) is 1.67. The van der Waals surface area contributed by atoms with Gasteiger partial charge in [-0.25, -0.2) is 19.7 Å². The van der Waals surface area contributed by atoms with E-state index < -0.39 is 18.1 Å². The van der Waals surface area contributed by atoms with Crippen molar-refractivity contribution in [3.8, 4) is 28.3 Å². The van der Waals surface area contributed by atoms with Crippen LogP contribution in [0, 0.1) is 6.92 Å². The SMILES string of the molecule is Cc1cc(OC(N)=O)c(-c2ccccc2)nc1-c1cnc(C(F)(F)F)nc1. The van der Waals surface area contributed by atoms with E-state index in [9.17, 15) is 18.0 Å². The molecule has 0 atom stereocenters. The number of pyridine rings is 1. The molecule has 3 aromatic rings. The van der Waals surface area contributed by atoms with Crippen molar-refractivity contribution < 1.29 is 22.7 Å². The van der Waals surface area contributed by atoms with Crippen LogP contribution in [0.4, 0.5) is 18.0 Å². The van der Waals surface area contributed by atoms with Crippen LogP contribution in [0.5, 0.6) is 5.75 Å². The molecule has 1 aromatic carbocycles. The minimum absolute atomic E-state index is 0.141. The van der Waals surface area contributed by atoms with E-state index in [-0.39, 0.29) is 5.75 Å². The van der Waals surface area contributed by atoms with Crippen molar-refractivity contribution in [2.75, 3.05) is 0 Å². The van der Waals surface area contributed by atoms with Gasteiger partial charge in [-0.3, -0.25) is 0 Å². The molecule has 2 aromatic heterocycles. The molecule has 27 heavy (non-hydrogen) atoms. The fourth-order valence-corrected chi connectivity index (χ4v) is 2.47. The number of carbonyl (C=O) groups is 1. The van der Waals surface area contributed by atoms with Crippen LogP contribution in [0.25, 0.3) is 22.5 Å². The Labute approximate surface area is 151 Å². The number of hydrogen-bond donors (Lipinski definition) is 1. The number of aryl methyl sites for hydroxylation is 1. The van der Waals surface area contributed by atoms with Gasteiger partial charge in [0.25, 0.3) is 0 Å². The van der Waals surface area contributed by atoms with E-state index in [0.717, 1.165) is 12.4 Å². The Hall–Kier alpha value is -3.49. The van der Waals surface area contributed by atoms with Crippen LogP contribution in [-0.4, -0.2) is 21.0 Å². The van der Waals surface area contributed by atoms with E-state index >= 15 is 0 Å². The molecule has 0 bridgehead atoms. The van der Waals surface area contributed by atoms with Crippen molar-refractivity contribution in [3.05, 3.63) is 60.2 Å². The lowest BCUT2D eigenvalue weighted by molar-refractivity contribution is -0.144. The molecular formula is C18H13F3N4O2. The Bertz CT molecular complexity index is 974. The fraction of sp³-hybridized carbons (Fsp3) is 0.111.